The molecule has 0 aliphatic heterocycles. The summed E-state index contributed by atoms with van der Waals surface area (Å²) in [5.41, 5.74) is 5.58. The van der Waals surface area contributed by atoms with Crippen LogP contribution in [0.4, 0.5) is 8.78 Å². The monoisotopic (exact) mass is 478 g/mol. The van der Waals surface area contributed by atoms with Gasteiger partial charge in [0.2, 0.25) is 0 Å². The van der Waals surface area contributed by atoms with Crippen molar-refractivity contribution in [3.8, 4) is 22.4 Å². The maximum atomic E-state index is 14.2. The van der Waals surface area contributed by atoms with Gasteiger partial charge in [0.15, 0.2) is 11.6 Å². The van der Waals surface area contributed by atoms with E-state index >= 15 is 0 Å². The summed E-state index contributed by atoms with van der Waals surface area (Å²) in [4.78, 5) is 0. The molecule has 2 aromatic carbocycles. The van der Waals surface area contributed by atoms with Crippen LogP contribution in [-0.4, -0.2) is 23.0 Å². The second-order valence-corrected chi connectivity index (χ2v) is 9.96. The molecule has 3 nitrogen and oxygen atoms in total. The van der Waals surface area contributed by atoms with Crippen molar-refractivity contribution < 1.29 is 13.5 Å². The van der Waals surface area contributed by atoms with Crippen molar-refractivity contribution in [2.75, 3.05) is 13.2 Å². The van der Waals surface area contributed by atoms with Crippen molar-refractivity contribution in [1.29, 1.82) is 0 Å². The smallest absolute Gasteiger partial charge is 0.159 e. The summed E-state index contributed by atoms with van der Waals surface area (Å²) in [6.45, 7) is 10.3. The molecule has 186 valence electrons. The van der Waals surface area contributed by atoms with Crippen molar-refractivity contribution in [2.45, 2.75) is 58.9 Å². The largest absolute Gasteiger partial charge is 0.377 e. The number of hydrogen-bond donors (Lipinski definition) is 0. The van der Waals surface area contributed by atoms with E-state index in [1.54, 1.807) is 6.07 Å². The lowest BCUT2D eigenvalue weighted by Gasteiger charge is -2.28. The van der Waals surface area contributed by atoms with Crippen LogP contribution in [0.1, 0.15) is 51.6 Å². The van der Waals surface area contributed by atoms with E-state index in [4.69, 9.17) is 9.84 Å². The zero-order chi connectivity index (χ0) is 24.8. The second kappa shape index (κ2) is 11.8. The van der Waals surface area contributed by atoms with E-state index in [1.165, 1.54) is 12.1 Å². The molecule has 1 aromatic heterocycles. The molecule has 1 fully saturated rings. The molecular weight excluding hydrogens is 442 g/mol. The Morgan fingerprint density at radius 3 is 2.37 bits per heavy atom. The van der Waals surface area contributed by atoms with Gasteiger partial charge in [-0.15, -0.1) is 0 Å². The molecule has 1 heterocycles. The Balaban J connectivity index is 1.61. The molecule has 3 aromatic rings. The average molecular weight is 479 g/mol. The van der Waals surface area contributed by atoms with Gasteiger partial charge in [0.05, 0.1) is 6.61 Å². The first-order valence-electron chi connectivity index (χ1n) is 12.8. The zero-order valence-corrected chi connectivity index (χ0v) is 20.9. The van der Waals surface area contributed by atoms with Crippen molar-refractivity contribution in [2.24, 2.45) is 11.8 Å². The minimum absolute atomic E-state index is 0.546. The van der Waals surface area contributed by atoms with Crippen LogP contribution < -0.4 is 0 Å². The van der Waals surface area contributed by atoms with E-state index in [0.29, 0.717) is 24.0 Å². The molecule has 0 N–H and O–H groups in total. The van der Waals surface area contributed by atoms with E-state index in [1.807, 2.05) is 37.3 Å². The summed E-state index contributed by atoms with van der Waals surface area (Å²) in [6, 6.07) is 14.2. The van der Waals surface area contributed by atoms with Gasteiger partial charge in [0.25, 0.3) is 0 Å². The van der Waals surface area contributed by atoms with E-state index in [0.717, 1.165) is 79.8 Å². The Morgan fingerprint density at radius 1 is 1.00 bits per heavy atom. The Bertz CT molecular complexity index is 1130. The molecule has 0 unspecified atom stereocenters. The van der Waals surface area contributed by atoms with Gasteiger partial charge in [-0.2, -0.15) is 5.10 Å². The van der Waals surface area contributed by atoms with Crippen molar-refractivity contribution in [3.05, 3.63) is 78.0 Å². The van der Waals surface area contributed by atoms with Crippen molar-refractivity contribution in [1.82, 2.24) is 9.78 Å². The second-order valence-electron chi connectivity index (χ2n) is 9.96. The first-order chi connectivity index (χ1) is 17.0. The predicted octanol–water partition coefficient (Wildman–Crippen LogP) is 7.85. The highest BCUT2D eigenvalue weighted by Crippen LogP contribution is 2.37. The molecule has 1 aliphatic carbocycles. The van der Waals surface area contributed by atoms with Crippen LogP contribution in [-0.2, 0) is 17.7 Å². The van der Waals surface area contributed by atoms with E-state index in [-0.39, 0.29) is 0 Å². The predicted molar refractivity (Wildman–Crippen MR) is 138 cm³/mol. The number of nitrogens with zero attached hydrogens (tertiary/aromatic N) is 2. The minimum atomic E-state index is -0.830. The maximum Gasteiger partial charge on any atom is 0.159 e. The molecular formula is C30H36F2N2O. The number of benzene rings is 2. The normalized spacial score (nSPS) is 18.1. The quantitative estimate of drug-likeness (QED) is 0.278. The van der Waals surface area contributed by atoms with Gasteiger partial charge in [-0.05, 0) is 68.6 Å². The fourth-order valence-electron chi connectivity index (χ4n) is 5.12. The molecule has 1 saturated carbocycles. The molecule has 4 rings (SSSR count). The van der Waals surface area contributed by atoms with Gasteiger partial charge >= 0.3 is 0 Å². The Hall–Kier alpha value is -2.79. The summed E-state index contributed by atoms with van der Waals surface area (Å²) < 4.78 is 35.9. The number of ether oxygens (including phenoxy) is 1. The van der Waals surface area contributed by atoms with Gasteiger partial charge in [-0.25, -0.2) is 8.78 Å². The SMILES string of the molecule is C=C(C)COCC1CCC(Cn2nc(-c3ccccc3)c(-c3ccc(F)c(F)c3)c2CCC)CC1. The van der Waals surface area contributed by atoms with Crippen molar-refractivity contribution >= 4 is 0 Å². The number of halogens is 2. The lowest BCUT2D eigenvalue weighted by molar-refractivity contribution is 0.0897. The van der Waals surface area contributed by atoms with Crippen LogP contribution in [0, 0.1) is 23.5 Å². The molecule has 5 heteroatoms. The van der Waals surface area contributed by atoms with Crippen LogP contribution in [0.3, 0.4) is 0 Å². The maximum absolute atomic E-state index is 14.2. The molecule has 0 saturated heterocycles. The molecule has 0 amide bonds. The van der Waals surface area contributed by atoms with Gasteiger partial charge in [-0.1, -0.05) is 61.9 Å². The van der Waals surface area contributed by atoms with E-state index in [2.05, 4.69) is 18.2 Å². The molecule has 35 heavy (non-hydrogen) atoms. The zero-order valence-electron chi connectivity index (χ0n) is 20.9. The average Bonchev–Trinajstić information content (AvgIpc) is 3.20. The molecule has 0 bridgehead atoms. The summed E-state index contributed by atoms with van der Waals surface area (Å²) in [7, 11) is 0. The van der Waals surface area contributed by atoms with Crippen LogP contribution in [0.25, 0.3) is 22.4 Å². The lowest BCUT2D eigenvalue weighted by Crippen LogP contribution is -2.23. The molecule has 0 spiro atoms. The van der Waals surface area contributed by atoms with E-state index in [9.17, 15) is 8.78 Å². The fraction of sp³-hybridized carbons (Fsp3) is 0.433. The highest BCUT2D eigenvalue weighted by molar-refractivity contribution is 5.82. The highest BCUT2D eigenvalue weighted by atomic mass is 19.2. The summed E-state index contributed by atoms with van der Waals surface area (Å²) in [5.74, 6) is -0.507. The summed E-state index contributed by atoms with van der Waals surface area (Å²) >= 11 is 0. The summed E-state index contributed by atoms with van der Waals surface area (Å²) in [5, 5.41) is 5.08. The van der Waals surface area contributed by atoms with Crippen LogP contribution in [0.2, 0.25) is 0 Å². The Kier molecular flexibility index (Phi) is 8.50. The first kappa shape index (κ1) is 25.3. The van der Waals surface area contributed by atoms with Gasteiger partial charge in [0, 0.05) is 30.0 Å². The first-order valence-corrected chi connectivity index (χ1v) is 12.8. The van der Waals surface area contributed by atoms with Crippen LogP contribution in [0.15, 0.2) is 60.7 Å². The fourth-order valence-corrected chi connectivity index (χ4v) is 5.12. The number of rotatable bonds is 10. The van der Waals surface area contributed by atoms with Gasteiger partial charge in [-0.3, -0.25) is 4.68 Å². The summed E-state index contributed by atoms with van der Waals surface area (Å²) in [6.07, 6.45) is 6.39. The Labute approximate surface area is 207 Å². The standard InChI is InChI=1S/C30H36F2N2O/c1-4-8-28-29(25-15-16-26(31)27(32)17-25)30(24-9-6-5-7-10-24)33-34(28)18-22-11-13-23(14-12-22)20-35-19-21(2)3/h5-7,9-10,15-17,22-23H,2,4,8,11-14,18-20H2,1,3H3. The van der Waals surface area contributed by atoms with Crippen LogP contribution in [0.5, 0.6) is 0 Å². The Morgan fingerprint density at radius 2 is 1.71 bits per heavy atom. The number of aromatic nitrogens is 2. The molecule has 0 atom stereocenters. The molecule has 1 aliphatic rings. The van der Waals surface area contributed by atoms with Crippen molar-refractivity contribution in [3.63, 3.8) is 0 Å². The third-order valence-corrected chi connectivity index (χ3v) is 6.90. The van der Waals surface area contributed by atoms with Gasteiger partial charge in [0.1, 0.15) is 5.69 Å². The molecule has 0 radical (unpaired) electrons. The third kappa shape index (κ3) is 6.26. The van der Waals surface area contributed by atoms with E-state index < -0.39 is 11.6 Å². The lowest BCUT2D eigenvalue weighted by atomic mass is 9.82. The number of hydrogen-bond acceptors (Lipinski definition) is 2. The minimum Gasteiger partial charge on any atom is -0.377 e. The third-order valence-electron chi connectivity index (χ3n) is 6.90. The van der Waals surface area contributed by atoms with Gasteiger partial charge < -0.3 is 4.74 Å². The topological polar surface area (TPSA) is 27.1 Å². The van der Waals surface area contributed by atoms with Crippen LogP contribution >= 0.6 is 0 Å². The highest BCUT2D eigenvalue weighted by Gasteiger charge is 2.26.